The molecule has 1 unspecified atom stereocenters. The van der Waals surface area contributed by atoms with Crippen molar-refractivity contribution in [3.05, 3.63) is 0 Å². The second-order valence-electron chi connectivity index (χ2n) is 1.08. The van der Waals surface area contributed by atoms with E-state index in [4.69, 9.17) is 34.1 Å². The molecule has 0 spiro atoms. The lowest BCUT2D eigenvalue weighted by Crippen LogP contribution is -1.78. The normalized spacial score (nSPS) is 16.6. The van der Waals surface area contributed by atoms with E-state index < -0.39 is 4.74 Å². The Morgan fingerprint density at radius 2 is 1.71 bits per heavy atom. The van der Waals surface area contributed by atoms with Crippen LogP contribution in [0.4, 0.5) is 0 Å². The molecule has 0 aromatic carbocycles. The molecule has 0 bridgehead atoms. The zero-order valence-corrected chi connectivity index (χ0v) is 7.55. The molecule has 0 aliphatic heterocycles. The van der Waals surface area contributed by atoms with Crippen molar-refractivity contribution in [1.29, 1.82) is 0 Å². The molecule has 0 fully saturated rings. The molecule has 0 radical (unpaired) electrons. The van der Waals surface area contributed by atoms with Gasteiger partial charge in [0.05, 0.1) is 5.12 Å². The highest BCUT2D eigenvalue weighted by Gasteiger charge is 2.14. The van der Waals surface area contributed by atoms with E-state index in [9.17, 15) is 0 Å². The fourth-order valence-corrected chi connectivity index (χ4v) is 0. The van der Waals surface area contributed by atoms with Crippen LogP contribution in [-0.2, 0) is 11.8 Å². The molecule has 0 N–H and O–H groups in total. The van der Waals surface area contributed by atoms with Gasteiger partial charge in [-0.25, -0.2) is 0 Å². The highest BCUT2D eigenvalue weighted by atomic mass is 35.9. The third-order valence-electron chi connectivity index (χ3n) is 0.414. The molecule has 5 heteroatoms. The average molecular weight is 197 g/mol. The van der Waals surface area contributed by atoms with E-state index in [1.807, 2.05) is 0 Å². The lowest BCUT2D eigenvalue weighted by Gasteiger charge is -2.04. The molecular weight excluding hydrogens is 193 g/mol. The van der Waals surface area contributed by atoms with Crippen molar-refractivity contribution in [1.82, 2.24) is 0 Å². The van der Waals surface area contributed by atoms with Gasteiger partial charge in [-0.15, -0.1) is 11.6 Å². The largest absolute Gasteiger partial charge is 0.136 e. The second-order valence-corrected chi connectivity index (χ2v) is 10.5. The summed E-state index contributed by atoms with van der Waals surface area (Å²) >= 11 is 20.9. The number of halogens is 3. The van der Waals surface area contributed by atoms with Crippen LogP contribution in [0.15, 0.2) is 0 Å². The Labute approximate surface area is 62.7 Å². The highest BCUT2D eigenvalue weighted by molar-refractivity contribution is 8.39. The number of alkyl halides is 1. The number of hydrogen-bond acceptors (Lipinski definition) is 1. The minimum Gasteiger partial charge on any atom is -0.115 e. The molecule has 0 amide bonds. The summed E-state index contributed by atoms with van der Waals surface area (Å²) in [5, 5.41) is -0.272. The Morgan fingerprint density at radius 1 is 1.57 bits per heavy atom. The van der Waals surface area contributed by atoms with Crippen molar-refractivity contribution < 1.29 is 0 Å². The van der Waals surface area contributed by atoms with Crippen molar-refractivity contribution in [3.8, 4) is 0 Å². The number of rotatable bonds is 1. The standard InChI is InChI=1S/C2H4Cl3PS/c1-2(3)6(4,5)7/h2H,1H3. The first-order valence-corrected chi connectivity index (χ1v) is 6.69. The van der Waals surface area contributed by atoms with Crippen molar-refractivity contribution in [2.75, 3.05) is 0 Å². The first kappa shape index (κ1) is 8.52. The SMILES string of the molecule is CC(Cl)P(=S)(Cl)Cl. The Bertz CT molecular complexity index is 95.1. The molecule has 0 nitrogen and oxygen atoms in total. The monoisotopic (exact) mass is 196 g/mol. The molecule has 44 valence electrons. The van der Waals surface area contributed by atoms with Gasteiger partial charge < -0.3 is 0 Å². The topological polar surface area (TPSA) is 0 Å². The van der Waals surface area contributed by atoms with Gasteiger partial charge in [-0.1, -0.05) is 34.3 Å². The predicted molar refractivity (Wildman–Crippen MR) is 41.3 cm³/mol. The Balaban J connectivity index is 3.80. The fraction of sp³-hybridized carbons (Fsp3) is 1.00. The molecule has 0 aliphatic rings. The summed E-state index contributed by atoms with van der Waals surface area (Å²) in [5.41, 5.74) is 0. The van der Waals surface area contributed by atoms with Crippen LogP contribution in [0.25, 0.3) is 0 Å². The van der Waals surface area contributed by atoms with E-state index in [2.05, 4.69) is 11.8 Å². The highest BCUT2D eigenvalue weighted by Crippen LogP contribution is 2.62. The van der Waals surface area contributed by atoms with Crippen molar-refractivity contribution >= 4 is 50.6 Å². The first-order chi connectivity index (χ1) is 2.94. The van der Waals surface area contributed by atoms with Gasteiger partial charge in [0.25, 0.3) is 0 Å². The lowest BCUT2D eigenvalue weighted by molar-refractivity contribution is 1.40. The summed E-state index contributed by atoms with van der Waals surface area (Å²) in [6.07, 6.45) is 0. The van der Waals surface area contributed by atoms with Gasteiger partial charge >= 0.3 is 0 Å². The van der Waals surface area contributed by atoms with Gasteiger partial charge in [-0.2, -0.15) is 0 Å². The summed E-state index contributed by atoms with van der Waals surface area (Å²) in [5.74, 6) is 0. The summed E-state index contributed by atoms with van der Waals surface area (Å²) in [6, 6.07) is 0. The van der Waals surface area contributed by atoms with Crippen LogP contribution >= 0.6 is 38.8 Å². The van der Waals surface area contributed by atoms with E-state index in [-0.39, 0.29) is 5.12 Å². The van der Waals surface area contributed by atoms with Gasteiger partial charge in [-0.05, 0) is 6.92 Å². The number of hydrogen-bond donors (Lipinski definition) is 0. The molecule has 7 heavy (non-hydrogen) atoms. The van der Waals surface area contributed by atoms with E-state index in [1.165, 1.54) is 0 Å². The molecule has 0 rings (SSSR count). The van der Waals surface area contributed by atoms with E-state index in [0.29, 0.717) is 0 Å². The minimum atomic E-state index is -2.19. The Morgan fingerprint density at radius 3 is 1.71 bits per heavy atom. The van der Waals surface area contributed by atoms with Gasteiger partial charge in [-0.3, -0.25) is 0 Å². The van der Waals surface area contributed by atoms with Gasteiger partial charge in [0.2, 0.25) is 0 Å². The van der Waals surface area contributed by atoms with Crippen LogP contribution in [0.2, 0.25) is 0 Å². The molecule has 0 saturated heterocycles. The van der Waals surface area contributed by atoms with Crippen LogP contribution in [0, 0.1) is 0 Å². The van der Waals surface area contributed by atoms with Crippen LogP contribution in [0.3, 0.4) is 0 Å². The lowest BCUT2D eigenvalue weighted by atomic mass is 11.0. The molecule has 0 aromatic rings. The molecular formula is C2H4Cl3PS. The minimum absolute atomic E-state index is 0.272. The summed E-state index contributed by atoms with van der Waals surface area (Å²) in [4.78, 5) is 0. The van der Waals surface area contributed by atoms with E-state index in [1.54, 1.807) is 6.92 Å². The zero-order valence-electron chi connectivity index (χ0n) is 3.57. The third kappa shape index (κ3) is 4.05. The van der Waals surface area contributed by atoms with Crippen molar-refractivity contribution in [2.24, 2.45) is 0 Å². The average Bonchev–Trinajstić information content (AvgIpc) is 1.31. The zero-order chi connectivity index (χ0) is 6.08. The molecule has 0 aliphatic carbocycles. The molecule has 0 heterocycles. The Kier molecular flexibility index (Phi) is 3.52. The Hall–Kier alpha value is 1.52. The molecule has 0 aromatic heterocycles. The summed E-state index contributed by atoms with van der Waals surface area (Å²) in [6.45, 7) is 1.70. The van der Waals surface area contributed by atoms with Crippen LogP contribution in [-0.4, -0.2) is 5.12 Å². The van der Waals surface area contributed by atoms with Crippen LogP contribution in [0.1, 0.15) is 6.92 Å². The van der Waals surface area contributed by atoms with Crippen LogP contribution < -0.4 is 0 Å². The van der Waals surface area contributed by atoms with E-state index >= 15 is 0 Å². The van der Waals surface area contributed by atoms with Crippen molar-refractivity contribution in [3.63, 3.8) is 0 Å². The van der Waals surface area contributed by atoms with Crippen molar-refractivity contribution in [2.45, 2.75) is 12.0 Å². The quantitative estimate of drug-likeness (QED) is 0.459. The third-order valence-corrected chi connectivity index (χ3v) is 5.77. The maximum Gasteiger partial charge on any atom is 0.136 e. The maximum atomic E-state index is 5.44. The second kappa shape index (κ2) is 2.89. The summed E-state index contributed by atoms with van der Waals surface area (Å²) in [7, 11) is 0. The van der Waals surface area contributed by atoms with E-state index in [0.717, 1.165) is 0 Å². The predicted octanol–water partition coefficient (Wildman–Crippen LogP) is 3.36. The van der Waals surface area contributed by atoms with Crippen LogP contribution in [0.5, 0.6) is 0 Å². The van der Waals surface area contributed by atoms with Gasteiger partial charge in [0.1, 0.15) is 4.74 Å². The molecule has 1 atom stereocenters. The molecule has 0 saturated carbocycles. The van der Waals surface area contributed by atoms with Gasteiger partial charge in [0, 0.05) is 0 Å². The summed E-state index contributed by atoms with van der Waals surface area (Å²) < 4.78 is -2.19. The maximum absolute atomic E-state index is 5.44. The van der Waals surface area contributed by atoms with Gasteiger partial charge in [0.15, 0.2) is 0 Å². The fourth-order valence-electron chi connectivity index (χ4n) is 0. The smallest absolute Gasteiger partial charge is 0.115 e. The first-order valence-electron chi connectivity index (χ1n) is 1.57.